The minimum absolute atomic E-state index is 0.741. The van der Waals surface area contributed by atoms with Crippen LogP contribution < -0.4 is 5.32 Å². The van der Waals surface area contributed by atoms with Crippen molar-refractivity contribution >= 4 is 0 Å². The largest absolute Gasteiger partial charge is 0.315 e. The lowest BCUT2D eigenvalue weighted by Crippen LogP contribution is -2.47. The average Bonchev–Trinajstić information content (AvgIpc) is 2.02. The molecule has 0 radical (unpaired) electrons. The molecule has 0 saturated heterocycles. The monoisotopic (exact) mass is 184 g/mol. The van der Waals surface area contributed by atoms with E-state index in [2.05, 4.69) is 31.1 Å². The van der Waals surface area contributed by atoms with Crippen LogP contribution in [0.15, 0.2) is 0 Å². The molecule has 1 N–H and O–H groups in total. The Kier molecular flexibility index (Phi) is 4.74. The molecule has 1 unspecified atom stereocenters. The molecule has 0 aromatic heterocycles. The standard InChI is InChI=1S/C11H24N2/c1-4-10(9-12-5-2)13(3)11-7-6-8-11/h10-12H,4-9H2,1-3H3. The summed E-state index contributed by atoms with van der Waals surface area (Å²) in [5.74, 6) is 0. The predicted octanol–water partition coefficient (Wildman–Crippen LogP) is 1.86. The molecule has 0 spiro atoms. The van der Waals surface area contributed by atoms with Crippen molar-refractivity contribution in [2.75, 3.05) is 20.1 Å². The number of nitrogens with one attached hydrogen (secondary N) is 1. The van der Waals surface area contributed by atoms with Crippen molar-refractivity contribution in [2.24, 2.45) is 0 Å². The highest BCUT2D eigenvalue weighted by Gasteiger charge is 2.26. The highest BCUT2D eigenvalue weighted by molar-refractivity contribution is 4.83. The van der Waals surface area contributed by atoms with Gasteiger partial charge >= 0.3 is 0 Å². The Hall–Kier alpha value is -0.0800. The van der Waals surface area contributed by atoms with E-state index in [1.807, 2.05) is 0 Å². The topological polar surface area (TPSA) is 15.3 Å². The van der Waals surface area contributed by atoms with E-state index in [-0.39, 0.29) is 0 Å². The van der Waals surface area contributed by atoms with Crippen molar-refractivity contribution in [2.45, 2.75) is 51.6 Å². The summed E-state index contributed by atoms with van der Waals surface area (Å²) >= 11 is 0. The normalized spacial score (nSPS) is 20.3. The lowest BCUT2D eigenvalue weighted by atomic mass is 9.90. The Bertz CT molecular complexity index is 132. The lowest BCUT2D eigenvalue weighted by molar-refractivity contribution is 0.106. The second-order valence-electron chi connectivity index (χ2n) is 4.12. The van der Waals surface area contributed by atoms with Crippen LogP contribution in [0, 0.1) is 0 Å². The fourth-order valence-corrected chi connectivity index (χ4v) is 1.98. The number of hydrogen-bond donors (Lipinski definition) is 1. The van der Waals surface area contributed by atoms with Crippen LogP contribution in [0.5, 0.6) is 0 Å². The molecule has 2 heteroatoms. The summed E-state index contributed by atoms with van der Waals surface area (Å²) in [7, 11) is 2.29. The van der Waals surface area contributed by atoms with Gasteiger partial charge in [-0.3, -0.25) is 4.90 Å². The van der Waals surface area contributed by atoms with E-state index in [1.165, 1.54) is 25.7 Å². The minimum Gasteiger partial charge on any atom is -0.315 e. The zero-order valence-electron chi connectivity index (χ0n) is 9.34. The van der Waals surface area contributed by atoms with Crippen molar-refractivity contribution in [3.8, 4) is 0 Å². The molecule has 2 nitrogen and oxygen atoms in total. The molecule has 13 heavy (non-hydrogen) atoms. The van der Waals surface area contributed by atoms with Crippen LogP contribution >= 0.6 is 0 Å². The first-order chi connectivity index (χ1) is 6.29. The van der Waals surface area contributed by atoms with Crippen molar-refractivity contribution in [3.63, 3.8) is 0 Å². The van der Waals surface area contributed by atoms with Gasteiger partial charge in [-0.25, -0.2) is 0 Å². The maximum Gasteiger partial charge on any atom is 0.0217 e. The fraction of sp³-hybridized carbons (Fsp3) is 1.00. The molecule has 1 rings (SSSR count). The van der Waals surface area contributed by atoms with Gasteiger partial charge in [-0.15, -0.1) is 0 Å². The summed E-state index contributed by atoms with van der Waals surface area (Å²) in [6.45, 7) is 6.71. The lowest BCUT2D eigenvalue weighted by Gasteiger charge is -2.39. The summed E-state index contributed by atoms with van der Waals surface area (Å²) in [4.78, 5) is 2.58. The van der Waals surface area contributed by atoms with Crippen LogP contribution in [0.4, 0.5) is 0 Å². The first-order valence-electron chi connectivity index (χ1n) is 5.72. The highest BCUT2D eigenvalue weighted by Crippen LogP contribution is 2.25. The van der Waals surface area contributed by atoms with Gasteiger partial charge in [0.15, 0.2) is 0 Å². The smallest absolute Gasteiger partial charge is 0.0217 e. The van der Waals surface area contributed by atoms with Crippen molar-refractivity contribution < 1.29 is 0 Å². The first-order valence-corrected chi connectivity index (χ1v) is 5.72. The quantitative estimate of drug-likeness (QED) is 0.678. The molecule has 0 amide bonds. The molecule has 1 saturated carbocycles. The Morgan fingerprint density at radius 3 is 2.46 bits per heavy atom. The summed E-state index contributed by atoms with van der Waals surface area (Å²) in [5.41, 5.74) is 0. The molecule has 0 heterocycles. The third-order valence-corrected chi connectivity index (χ3v) is 3.33. The maximum atomic E-state index is 3.44. The zero-order valence-corrected chi connectivity index (χ0v) is 9.34. The molecule has 1 atom stereocenters. The molecule has 0 bridgehead atoms. The van der Waals surface area contributed by atoms with Gasteiger partial charge in [-0.1, -0.05) is 20.3 Å². The number of nitrogens with zero attached hydrogens (tertiary/aromatic N) is 1. The zero-order chi connectivity index (χ0) is 9.68. The Balaban J connectivity index is 2.26. The van der Waals surface area contributed by atoms with Crippen LogP contribution in [0.3, 0.4) is 0 Å². The number of hydrogen-bond acceptors (Lipinski definition) is 2. The van der Waals surface area contributed by atoms with Crippen molar-refractivity contribution in [3.05, 3.63) is 0 Å². The van der Waals surface area contributed by atoms with Crippen molar-refractivity contribution in [1.82, 2.24) is 10.2 Å². The molecule has 0 aliphatic heterocycles. The molecular weight excluding hydrogens is 160 g/mol. The molecule has 1 fully saturated rings. The van der Waals surface area contributed by atoms with E-state index in [9.17, 15) is 0 Å². The second-order valence-corrected chi connectivity index (χ2v) is 4.12. The van der Waals surface area contributed by atoms with Gasteiger partial charge in [0.25, 0.3) is 0 Å². The second kappa shape index (κ2) is 5.61. The van der Waals surface area contributed by atoms with E-state index >= 15 is 0 Å². The number of rotatable bonds is 6. The van der Waals surface area contributed by atoms with Crippen LogP contribution in [-0.4, -0.2) is 37.1 Å². The molecule has 1 aliphatic carbocycles. The maximum absolute atomic E-state index is 3.44. The van der Waals surface area contributed by atoms with Gasteiger partial charge < -0.3 is 5.32 Å². The molecule has 0 aromatic carbocycles. The third kappa shape index (κ3) is 2.96. The third-order valence-electron chi connectivity index (χ3n) is 3.33. The van der Waals surface area contributed by atoms with Crippen LogP contribution in [-0.2, 0) is 0 Å². The van der Waals surface area contributed by atoms with Gasteiger partial charge in [0.2, 0.25) is 0 Å². The van der Waals surface area contributed by atoms with Crippen LogP contribution in [0.25, 0.3) is 0 Å². The molecule has 1 aliphatic rings. The minimum atomic E-state index is 0.741. The van der Waals surface area contributed by atoms with E-state index in [0.717, 1.165) is 25.2 Å². The molecule has 78 valence electrons. The van der Waals surface area contributed by atoms with E-state index in [1.54, 1.807) is 0 Å². The Morgan fingerprint density at radius 2 is 2.08 bits per heavy atom. The Morgan fingerprint density at radius 1 is 1.38 bits per heavy atom. The summed E-state index contributed by atoms with van der Waals surface area (Å²) in [5, 5.41) is 3.44. The summed E-state index contributed by atoms with van der Waals surface area (Å²) < 4.78 is 0. The van der Waals surface area contributed by atoms with Gasteiger partial charge in [0.05, 0.1) is 0 Å². The van der Waals surface area contributed by atoms with Crippen molar-refractivity contribution in [1.29, 1.82) is 0 Å². The predicted molar refractivity (Wildman–Crippen MR) is 58.0 cm³/mol. The fourth-order valence-electron chi connectivity index (χ4n) is 1.98. The first kappa shape index (κ1) is 11.0. The van der Waals surface area contributed by atoms with Gasteiger partial charge in [-0.05, 0) is 32.9 Å². The van der Waals surface area contributed by atoms with E-state index in [4.69, 9.17) is 0 Å². The van der Waals surface area contributed by atoms with Crippen LogP contribution in [0.2, 0.25) is 0 Å². The average molecular weight is 184 g/mol. The molecule has 0 aromatic rings. The summed E-state index contributed by atoms with van der Waals surface area (Å²) in [6, 6.07) is 1.62. The van der Waals surface area contributed by atoms with E-state index < -0.39 is 0 Å². The summed E-state index contributed by atoms with van der Waals surface area (Å²) in [6.07, 6.45) is 5.53. The van der Waals surface area contributed by atoms with Crippen LogP contribution in [0.1, 0.15) is 39.5 Å². The molecular formula is C11H24N2. The number of likely N-dealkylation sites (N-methyl/N-ethyl adjacent to an activating group) is 2. The Labute approximate surface area is 82.7 Å². The SMILES string of the molecule is CCNCC(CC)N(C)C1CCC1. The van der Waals surface area contributed by atoms with Gasteiger partial charge in [0, 0.05) is 18.6 Å². The highest BCUT2D eigenvalue weighted by atomic mass is 15.2. The van der Waals surface area contributed by atoms with E-state index in [0.29, 0.717) is 0 Å². The van der Waals surface area contributed by atoms with Gasteiger partial charge in [-0.2, -0.15) is 0 Å². The van der Waals surface area contributed by atoms with Gasteiger partial charge in [0.1, 0.15) is 0 Å².